The van der Waals surface area contributed by atoms with Crippen molar-refractivity contribution in [2.75, 3.05) is 0 Å². The average molecular weight is 279 g/mol. The molecule has 2 heteroatoms. The third-order valence-electron chi connectivity index (χ3n) is 4.41. The quantitative estimate of drug-likeness (QED) is 0.848. The summed E-state index contributed by atoms with van der Waals surface area (Å²) in [5.74, 6) is 0.728. The van der Waals surface area contributed by atoms with Gasteiger partial charge in [-0.1, -0.05) is 61.0 Å². The first-order valence-corrected chi connectivity index (χ1v) is 7.68. The lowest BCUT2D eigenvalue weighted by molar-refractivity contribution is 0.0961. The zero-order chi connectivity index (χ0) is 14.7. The van der Waals surface area contributed by atoms with E-state index in [0.717, 1.165) is 11.1 Å². The largest absolute Gasteiger partial charge is 0.321 e. The van der Waals surface area contributed by atoms with Gasteiger partial charge in [-0.25, -0.2) is 0 Å². The molecule has 2 aromatic carbocycles. The molecule has 0 amide bonds. The highest BCUT2D eigenvalue weighted by atomic mass is 16.1. The van der Waals surface area contributed by atoms with Crippen LogP contribution >= 0.6 is 0 Å². The second-order valence-corrected chi connectivity index (χ2v) is 5.91. The van der Waals surface area contributed by atoms with Crippen molar-refractivity contribution in [1.29, 1.82) is 0 Å². The van der Waals surface area contributed by atoms with Crippen molar-refractivity contribution in [2.45, 2.75) is 37.6 Å². The average Bonchev–Trinajstić information content (AvgIpc) is 2.46. The minimum absolute atomic E-state index is 0.0269. The molecule has 1 fully saturated rings. The summed E-state index contributed by atoms with van der Waals surface area (Å²) in [5.41, 5.74) is 9.25. The molecule has 0 heterocycles. The molecule has 3 rings (SSSR count). The lowest BCUT2D eigenvalue weighted by Crippen LogP contribution is -2.32. The molecule has 0 saturated heterocycles. The molecule has 0 spiro atoms. The lowest BCUT2D eigenvalue weighted by Gasteiger charge is -2.25. The van der Waals surface area contributed by atoms with Crippen LogP contribution in [-0.4, -0.2) is 11.8 Å². The van der Waals surface area contributed by atoms with Crippen LogP contribution < -0.4 is 5.73 Å². The molecule has 2 nitrogen and oxygen atoms in total. The third-order valence-corrected chi connectivity index (χ3v) is 4.41. The van der Waals surface area contributed by atoms with Crippen LogP contribution in [0.1, 0.15) is 46.7 Å². The minimum atomic E-state index is -0.470. The Morgan fingerprint density at radius 2 is 1.71 bits per heavy atom. The Hall–Kier alpha value is -1.93. The van der Waals surface area contributed by atoms with Gasteiger partial charge < -0.3 is 5.73 Å². The molecule has 2 aromatic rings. The van der Waals surface area contributed by atoms with Gasteiger partial charge in [0.1, 0.15) is 0 Å². The molecular weight excluding hydrogens is 258 g/mol. The van der Waals surface area contributed by atoms with E-state index in [2.05, 4.69) is 12.1 Å². The lowest BCUT2D eigenvalue weighted by atomic mass is 9.80. The number of carbonyl (C=O) groups excluding carboxylic acids is 1. The van der Waals surface area contributed by atoms with Gasteiger partial charge in [0.2, 0.25) is 0 Å². The first-order chi connectivity index (χ1) is 10.2. The van der Waals surface area contributed by atoms with Gasteiger partial charge in [-0.3, -0.25) is 4.79 Å². The first-order valence-electron chi connectivity index (χ1n) is 7.68. The summed E-state index contributed by atoms with van der Waals surface area (Å²) in [5, 5.41) is 0. The van der Waals surface area contributed by atoms with Crippen molar-refractivity contribution in [1.82, 2.24) is 0 Å². The topological polar surface area (TPSA) is 43.1 Å². The Morgan fingerprint density at radius 3 is 2.29 bits per heavy atom. The van der Waals surface area contributed by atoms with E-state index in [1.54, 1.807) is 0 Å². The molecule has 108 valence electrons. The maximum Gasteiger partial charge on any atom is 0.179 e. The van der Waals surface area contributed by atoms with E-state index < -0.39 is 6.04 Å². The number of benzene rings is 2. The van der Waals surface area contributed by atoms with E-state index in [1.807, 2.05) is 42.5 Å². The molecule has 1 aliphatic rings. The number of nitrogens with two attached hydrogens (primary N) is 1. The highest BCUT2D eigenvalue weighted by Gasteiger charge is 2.20. The number of ketones is 1. The monoisotopic (exact) mass is 279 g/mol. The predicted octanol–water partition coefficient (Wildman–Crippen LogP) is 3.71. The summed E-state index contributed by atoms with van der Waals surface area (Å²) in [6.07, 6.45) is 4.47. The Bertz CT molecular complexity index is 599. The molecule has 0 aliphatic heterocycles. The van der Waals surface area contributed by atoms with Gasteiger partial charge in [0.05, 0.1) is 6.04 Å². The van der Waals surface area contributed by atoms with Crippen LogP contribution in [0.25, 0.3) is 0 Å². The summed E-state index contributed by atoms with van der Waals surface area (Å²) >= 11 is 0. The summed E-state index contributed by atoms with van der Waals surface area (Å²) in [6.45, 7) is 0. The van der Waals surface area contributed by atoms with Crippen molar-refractivity contribution in [2.24, 2.45) is 5.73 Å². The molecule has 1 saturated carbocycles. The highest BCUT2D eigenvalue weighted by Crippen LogP contribution is 2.36. The molecule has 1 unspecified atom stereocenters. The van der Waals surface area contributed by atoms with E-state index in [-0.39, 0.29) is 5.78 Å². The van der Waals surface area contributed by atoms with Gasteiger partial charge in [-0.15, -0.1) is 0 Å². The predicted molar refractivity (Wildman–Crippen MR) is 85.5 cm³/mol. The Balaban J connectivity index is 1.66. The fraction of sp³-hybridized carbons (Fsp3) is 0.316. The number of carbonyl (C=O) groups is 1. The normalized spacial score (nSPS) is 16.2. The van der Waals surface area contributed by atoms with E-state index in [9.17, 15) is 4.79 Å². The van der Waals surface area contributed by atoms with Crippen LogP contribution in [0.2, 0.25) is 0 Å². The number of hydrogen-bond donors (Lipinski definition) is 1. The van der Waals surface area contributed by atoms with Crippen molar-refractivity contribution in [3.63, 3.8) is 0 Å². The van der Waals surface area contributed by atoms with Crippen molar-refractivity contribution in [3.05, 3.63) is 71.3 Å². The minimum Gasteiger partial charge on any atom is -0.321 e. The standard InChI is InChI=1S/C19H21NO/c20-18(13-14-5-2-1-3-6-14)19(21)17-11-9-16(10-12-17)15-7-4-8-15/h1-3,5-6,9-12,15,18H,4,7-8,13,20H2. The molecule has 0 bridgehead atoms. The molecule has 21 heavy (non-hydrogen) atoms. The maximum atomic E-state index is 12.4. The van der Waals surface area contributed by atoms with Gasteiger partial charge in [0.15, 0.2) is 5.78 Å². The van der Waals surface area contributed by atoms with E-state index in [0.29, 0.717) is 12.3 Å². The van der Waals surface area contributed by atoms with Gasteiger partial charge >= 0.3 is 0 Å². The molecule has 0 aromatic heterocycles. The Labute approximate surface area is 126 Å². The molecule has 1 atom stereocenters. The van der Waals surface area contributed by atoms with E-state index in [1.165, 1.54) is 24.8 Å². The zero-order valence-electron chi connectivity index (χ0n) is 12.2. The van der Waals surface area contributed by atoms with Gasteiger partial charge in [-0.2, -0.15) is 0 Å². The van der Waals surface area contributed by atoms with E-state index >= 15 is 0 Å². The second kappa shape index (κ2) is 6.23. The number of hydrogen-bond acceptors (Lipinski definition) is 2. The van der Waals surface area contributed by atoms with Crippen molar-refractivity contribution in [3.8, 4) is 0 Å². The van der Waals surface area contributed by atoms with Crippen molar-refractivity contribution >= 4 is 5.78 Å². The smallest absolute Gasteiger partial charge is 0.179 e. The third kappa shape index (κ3) is 3.22. The Kier molecular flexibility index (Phi) is 4.16. The first kappa shape index (κ1) is 14.0. The highest BCUT2D eigenvalue weighted by molar-refractivity contribution is 6.00. The van der Waals surface area contributed by atoms with E-state index in [4.69, 9.17) is 5.73 Å². The van der Waals surface area contributed by atoms with Crippen molar-refractivity contribution < 1.29 is 4.79 Å². The van der Waals surface area contributed by atoms with Crippen LogP contribution in [0, 0.1) is 0 Å². The van der Waals surface area contributed by atoms with Gasteiger partial charge in [-0.05, 0) is 36.3 Å². The molecule has 2 N–H and O–H groups in total. The second-order valence-electron chi connectivity index (χ2n) is 5.91. The Morgan fingerprint density at radius 1 is 1.05 bits per heavy atom. The summed E-state index contributed by atoms with van der Waals surface area (Å²) in [7, 11) is 0. The van der Waals surface area contributed by atoms with Gasteiger partial charge in [0, 0.05) is 5.56 Å². The molecular formula is C19H21NO. The summed E-state index contributed by atoms with van der Waals surface area (Å²) in [6, 6.07) is 17.5. The zero-order valence-corrected chi connectivity index (χ0v) is 12.2. The summed E-state index contributed by atoms with van der Waals surface area (Å²) in [4.78, 5) is 12.4. The van der Waals surface area contributed by atoms with Crippen LogP contribution in [0.3, 0.4) is 0 Å². The van der Waals surface area contributed by atoms with Crippen LogP contribution in [0.5, 0.6) is 0 Å². The van der Waals surface area contributed by atoms with Crippen LogP contribution in [0.15, 0.2) is 54.6 Å². The summed E-state index contributed by atoms with van der Waals surface area (Å²) < 4.78 is 0. The number of Topliss-reactive ketones (excluding diaryl/α,β-unsaturated/α-hetero) is 1. The fourth-order valence-electron chi connectivity index (χ4n) is 2.84. The van der Waals surface area contributed by atoms with Crippen LogP contribution in [-0.2, 0) is 6.42 Å². The SMILES string of the molecule is NC(Cc1ccccc1)C(=O)c1ccc(C2CCC2)cc1. The maximum absolute atomic E-state index is 12.4. The molecule has 1 aliphatic carbocycles. The molecule has 0 radical (unpaired) electrons. The fourth-order valence-corrected chi connectivity index (χ4v) is 2.84. The number of rotatable bonds is 5. The van der Waals surface area contributed by atoms with Crippen LogP contribution in [0.4, 0.5) is 0 Å². The van der Waals surface area contributed by atoms with Gasteiger partial charge in [0.25, 0.3) is 0 Å².